The third-order valence-corrected chi connectivity index (χ3v) is 4.91. The zero-order valence-electron chi connectivity index (χ0n) is 14.1. The first-order valence-corrected chi connectivity index (χ1v) is 8.85. The number of nitrogens with zero attached hydrogens (tertiary/aromatic N) is 1. The van der Waals surface area contributed by atoms with E-state index in [0.29, 0.717) is 24.7 Å². The van der Waals surface area contributed by atoms with Crippen molar-refractivity contribution in [3.63, 3.8) is 0 Å². The highest BCUT2D eigenvalue weighted by atomic mass is 35.5. The first-order valence-electron chi connectivity index (χ1n) is 8.47. The summed E-state index contributed by atoms with van der Waals surface area (Å²) in [5, 5.41) is 0.363. The smallest absolute Gasteiger partial charge is 0.230 e. The number of amides is 1. The van der Waals surface area contributed by atoms with E-state index in [-0.39, 0.29) is 23.7 Å². The quantitative estimate of drug-likeness (QED) is 0.763. The summed E-state index contributed by atoms with van der Waals surface area (Å²) < 4.78 is 18.8. The van der Waals surface area contributed by atoms with Crippen molar-refractivity contribution < 1.29 is 13.9 Å². The summed E-state index contributed by atoms with van der Waals surface area (Å²) in [6.45, 7) is 3.52. The van der Waals surface area contributed by atoms with Crippen LogP contribution < -0.4 is 0 Å². The summed E-state index contributed by atoms with van der Waals surface area (Å²) in [5.41, 5.74) is 1.81. The molecule has 1 atom stereocenters. The molecule has 0 saturated carbocycles. The first kappa shape index (κ1) is 17.9. The van der Waals surface area contributed by atoms with Gasteiger partial charge in [0.15, 0.2) is 0 Å². The van der Waals surface area contributed by atoms with Gasteiger partial charge in [-0.15, -0.1) is 0 Å². The number of hydrogen-bond donors (Lipinski definition) is 0. The Labute approximate surface area is 152 Å². The van der Waals surface area contributed by atoms with Gasteiger partial charge in [0.2, 0.25) is 5.91 Å². The summed E-state index contributed by atoms with van der Waals surface area (Å²) in [6, 6.07) is 14.1. The van der Waals surface area contributed by atoms with Gasteiger partial charge in [-0.2, -0.15) is 0 Å². The van der Waals surface area contributed by atoms with E-state index >= 15 is 0 Å². The van der Waals surface area contributed by atoms with Gasteiger partial charge in [0, 0.05) is 18.1 Å². The Kier molecular flexibility index (Phi) is 5.71. The van der Waals surface area contributed by atoms with E-state index in [1.807, 2.05) is 42.2 Å². The Balaban J connectivity index is 1.51. The van der Waals surface area contributed by atoms with Gasteiger partial charge in [-0.05, 0) is 29.7 Å². The molecule has 132 valence electrons. The minimum absolute atomic E-state index is 0.00153. The molecule has 25 heavy (non-hydrogen) atoms. The number of halogens is 2. The van der Waals surface area contributed by atoms with Crippen LogP contribution in [0.5, 0.6) is 0 Å². The molecule has 0 aliphatic carbocycles. The normalized spacial score (nSPS) is 15.7. The molecule has 3 nitrogen and oxygen atoms in total. The van der Waals surface area contributed by atoms with Crippen molar-refractivity contribution in [1.82, 2.24) is 4.90 Å². The second kappa shape index (κ2) is 7.98. The molecule has 1 unspecified atom stereocenters. The van der Waals surface area contributed by atoms with E-state index in [9.17, 15) is 9.18 Å². The van der Waals surface area contributed by atoms with Crippen LogP contribution in [0, 0.1) is 5.82 Å². The molecule has 1 aliphatic heterocycles. The molecule has 1 heterocycles. The molecular formula is C20H21ClFNO2. The Hall–Kier alpha value is -1.91. The largest absolute Gasteiger partial charge is 0.370 e. The highest BCUT2D eigenvalue weighted by molar-refractivity contribution is 6.31. The fourth-order valence-corrected chi connectivity index (χ4v) is 3.25. The lowest BCUT2D eigenvalue weighted by Crippen LogP contribution is -2.55. The first-order chi connectivity index (χ1) is 12.1. The Bertz CT molecular complexity index is 732. The van der Waals surface area contributed by atoms with Crippen LogP contribution in [-0.2, 0) is 16.1 Å². The van der Waals surface area contributed by atoms with Crippen LogP contribution in [0.2, 0.25) is 5.02 Å². The van der Waals surface area contributed by atoms with Crippen molar-refractivity contribution in [1.29, 1.82) is 0 Å². The summed E-state index contributed by atoms with van der Waals surface area (Å²) in [5.74, 6) is -0.317. The van der Waals surface area contributed by atoms with Crippen LogP contribution in [0.25, 0.3) is 0 Å². The van der Waals surface area contributed by atoms with E-state index in [4.69, 9.17) is 16.3 Å². The third-order valence-electron chi connectivity index (χ3n) is 4.56. The maximum atomic E-state index is 13.0. The van der Waals surface area contributed by atoms with E-state index < -0.39 is 0 Å². The van der Waals surface area contributed by atoms with Crippen molar-refractivity contribution in [2.75, 3.05) is 13.1 Å². The molecule has 0 spiro atoms. The van der Waals surface area contributed by atoms with Gasteiger partial charge < -0.3 is 9.64 Å². The minimum atomic E-state index is -0.360. The zero-order chi connectivity index (χ0) is 17.8. The maximum Gasteiger partial charge on any atom is 0.230 e. The average molecular weight is 362 g/mol. The lowest BCUT2D eigenvalue weighted by Gasteiger charge is -2.40. The lowest BCUT2D eigenvalue weighted by molar-refractivity contribution is -0.147. The highest BCUT2D eigenvalue weighted by Crippen LogP contribution is 2.26. The Morgan fingerprint density at radius 1 is 1.28 bits per heavy atom. The average Bonchev–Trinajstić information content (AvgIpc) is 2.57. The van der Waals surface area contributed by atoms with Crippen LogP contribution in [0.3, 0.4) is 0 Å². The number of rotatable bonds is 6. The number of carbonyl (C=O) groups is 1. The van der Waals surface area contributed by atoms with E-state index in [1.165, 1.54) is 12.1 Å². The topological polar surface area (TPSA) is 29.5 Å². The molecule has 2 aromatic rings. The monoisotopic (exact) mass is 361 g/mol. The van der Waals surface area contributed by atoms with Crippen molar-refractivity contribution in [3.8, 4) is 0 Å². The Morgan fingerprint density at radius 3 is 2.64 bits per heavy atom. The molecule has 1 aliphatic rings. The van der Waals surface area contributed by atoms with Crippen LogP contribution >= 0.6 is 11.6 Å². The summed E-state index contributed by atoms with van der Waals surface area (Å²) in [6.07, 6.45) is 0.772. The fourth-order valence-electron chi connectivity index (χ4n) is 3.03. The maximum absolute atomic E-state index is 13.0. The lowest BCUT2D eigenvalue weighted by atomic mass is 9.93. The number of carbonyl (C=O) groups excluding carboxylic acids is 1. The van der Waals surface area contributed by atoms with Crippen molar-refractivity contribution in [2.24, 2.45) is 0 Å². The molecule has 1 fully saturated rings. The SMILES string of the molecule is CCC(C(=O)N1CC(OCc2ccc(F)cc2Cl)C1)c1ccccc1. The molecule has 1 amide bonds. The van der Waals surface area contributed by atoms with Gasteiger partial charge in [-0.3, -0.25) is 4.79 Å². The number of likely N-dealkylation sites (tertiary alicyclic amines) is 1. The summed E-state index contributed by atoms with van der Waals surface area (Å²) in [4.78, 5) is 14.5. The summed E-state index contributed by atoms with van der Waals surface area (Å²) >= 11 is 6.00. The molecule has 2 aromatic carbocycles. The van der Waals surface area contributed by atoms with Crippen LogP contribution in [-0.4, -0.2) is 30.0 Å². The van der Waals surface area contributed by atoms with E-state index in [0.717, 1.165) is 17.5 Å². The molecule has 5 heteroatoms. The molecule has 1 saturated heterocycles. The Morgan fingerprint density at radius 2 is 2.00 bits per heavy atom. The highest BCUT2D eigenvalue weighted by Gasteiger charge is 2.35. The van der Waals surface area contributed by atoms with Gasteiger partial charge in [0.25, 0.3) is 0 Å². The van der Waals surface area contributed by atoms with E-state index in [2.05, 4.69) is 0 Å². The van der Waals surface area contributed by atoms with Gasteiger partial charge in [0.1, 0.15) is 5.82 Å². The van der Waals surface area contributed by atoms with Gasteiger partial charge in [-0.1, -0.05) is 54.9 Å². The molecule has 0 N–H and O–H groups in total. The second-order valence-electron chi connectivity index (χ2n) is 6.28. The van der Waals surface area contributed by atoms with Crippen molar-refractivity contribution in [2.45, 2.75) is 32.0 Å². The number of ether oxygens (including phenoxy) is 1. The van der Waals surface area contributed by atoms with E-state index in [1.54, 1.807) is 6.07 Å². The summed E-state index contributed by atoms with van der Waals surface area (Å²) in [7, 11) is 0. The molecule has 0 bridgehead atoms. The van der Waals surface area contributed by atoms with Crippen LogP contribution in [0.15, 0.2) is 48.5 Å². The zero-order valence-corrected chi connectivity index (χ0v) is 14.9. The molecule has 0 radical (unpaired) electrons. The number of benzene rings is 2. The third kappa shape index (κ3) is 4.20. The van der Waals surface area contributed by atoms with Gasteiger partial charge in [-0.25, -0.2) is 4.39 Å². The predicted molar refractivity (Wildman–Crippen MR) is 96.0 cm³/mol. The van der Waals surface area contributed by atoms with Crippen LogP contribution in [0.4, 0.5) is 4.39 Å². The second-order valence-corrected chi connectivity index (χ2v) is 6.69. The van der Waals surface area contributed by atoms with Crippen molar-refractivity contribution in [3.05, 3.63) is 70.5 Å². The van der Waals surface area contributed by atoms with Gasteiger partial charge in [0.05, 0.1) is 18.6 Å². The van der Waals surface area contributed by atoms with Crippen LogP contribution in [0.1, 0.15) is 30.4 Å². The number of hydrogen-bond acceptors (Lipinski definition) is 2. The van der Waals surface area contributed by atoms with Crippen molar-refractivity contribution >= 4 is 17.5 Å². The predicted octanol–water partition coefficient (Wildman–Crippen LogP) is 4.40. The van der Waals surface area contributed by atoms with Gasteiger partial charge >= 0.3 is 0 Å². The molecular weight excluding hydrogens is 341 g/mol. The fraction of sp³-hybridized carbons (Fsp3) is 0.350. The molecule has 3 rings (SSSR count). The minimum Gasteiger partial charge on any atom is -0.370 e. The molecule has 0 aromatic heterocycles. The standard InChI is InChI=1S/C20H21ClFNO2/c1-2-18(14-6-4-3-5-7-14)20(24)23-11-17(12-23)25-13-15-8-9-16(22)10-19(15)21/h3-10,17-18H,2,11-13H2,1H3.